The molecular formula is C22H22FNO5. The normalized spacial score (nSPS) is 10.8. The van der Waals surface area contributed by atoms with Gasteiger partial charge in [-0.05, 0) is 49.2 Å². The van der Waals surface area contributed by atoms with Crippen LogP contribution in [0.2, 0.25) is 0 Å². The highest BCUT2D eigenvalue weighted by atomic mass is 19.1. The van der Waals surface area contributed by atoms with Crippen molar-refractivity contribution >= 4 is 16.9 Å². The number of methoxy groups -OCH3 is 1. The maximum absolute atomic E-state index is 13.9. The smallest absolute Gasteiger partial charge is 0.336 e. The number of halogens is 1. The summed E-state index contributed by atoms with van der Waals surface area (Å²) in [7, 11) is 1.40. The topological polar surface area (TPSA) is 69.0 Å². The molecule has 0 aliphatic carbocycles. The fourth-order valence-electron chi connectivity index (χ4n) is 3.04. The summed E-state index contributed by atoms with van der Waals surface area (Å²) in [5, 5.41) is 0.806. The van der Waals surface area contributed by atoms with Crippen LogP contribution in [0.1, 0.15) is 18.1 Å². The van der Waals surface area contributed by atoms with Crippen LogP contribution in [0.15, 0.2) is 51.7 Å². The average molecular weight is 399 g/mol. The molecule has 0 saturated heterocycles. The van der Waals surface area contributed by atoms with Crippen molar-refractivity contribution in [1.29, 1.82) is 0 Å². The van der Waals surface area contributed by atoms with Gasteiger partial charge >= 0.3 is 5.63 Å². The van der Waals surface area contributed by atoms with Crippen LogP contribution in [0.25, 0.3) is 11.0 Å². The quantitative estimate of drug-likeness (QED) is 0.567. The van der Waals surface area contributed by atoms with Gasteiger partial charge in [0.05, 0.1) is 7.11 Å². The number of carbonyl (C=O) groups excluding carboxylic acids is 1. The SMILES string of the molecule is CCN(Cc1ccc(OC)c(F)c1)C(=O)COc1ccc2c(C)cc(=O)oc2c1. The Morgan fingerprint density at radius 3 is 2.66 bits per heavy atom. The molecule has 1 heterocycles. The van der Waals surface area contributed by atoms with Gasteiger partial charge < -0.3 is 18.8 Å². The first-order chi connectivity index (χ1) is 13.9. The highest BCUT2D eigenvalue weighted by molar-refractivity contribution is 5.81. The summed E-state index contributed by atoms with van der Waals surface area (Å²) in [6, 6.07) is 11.1. The van der Waals surface area contributed by atoms with E-state index in [9.17, 15) is 14.0 Å². The zero-order valence-corrected chi connectivity index (χ0v) is 16.5. The Kier molecular flexibility index (Phi) is 6.16. The Morgan fingerprint density at radius 1 is 1.17 bits per heavy atom. The number of carbonyl (C=O) groups is 1. The molecule has 2 aromatic carbocycles. The molecule has 1 amide bonds. The molecule has 0 spiro atoms. The summed E-state index contributed by atoms with van der Waals surface area (Å²) < 4.78 is 29.6. The molecule has 29 heavy (non-hydrogen) atoms. The summed E-state index contributed by atoms with van der Waals surface area (Å²) in [5.74, 6) is -0.136. The second-order valence-electron chi connectivity index (χ2n) is 6.57. The third-order valence-corrected chi connectivity index (χ3v) is 4.61. The van der Waals surface area contributed by atoms with Crippen LogP contribution in [0, 0.1) is 12.7 Å². The van der Waals surface area contributed by atoms with Gasteiger partial charge in [0.25, 0.3) is 5.91 Å². The molecule has 0 aliphatic rings. The number of nitrogens with zero attached hydrogens (tertiary/aromatic N) is 1. The molecule has 3 aromatic rings. The highest BCUT2D eigenvalue weighted by Crippen LogP contribution is 2.22. The Labute approximate surface area is 167 Å². The van der Waals surface area contributed by atoms with Crippen molar-refractivity contribution in [2.24, 2.45) is 0 Å². The van der Waals surface area contributed by atoms with Crippen LogP contribution in [-0.2, 0) is 11.3 Å². The van der Waals surface area contributed by atoms with Crippen molar-refractivity contribution in [2.45, 2.75) is 20.4 Å². The van der Waals surface area contributed by atoms with Gasteiger partial charge in [0.2, 0.25) is 0 Å². The van der Waals surface area contributed by atoms with Crippen molar-refractivity contribution in [2.75, 3.05) is 20.3 Å². The van der Waals surface area contributed by atoms with E-state index in [4.69, 9.17) is 13.9 Å². The maximum atomic E-state index is 13.9. The lowest BCUT2D eigenvalue weighted by molar-refractivity contribution is -0.133. The van der Waals surface area contributed by atoms with E-state index < -0.39 is 11.4 Å². The van der Waals surface area contributed by atoms with Gasteiger partial charge in [-0.1, -0.05) is 6.07 Å². The van der Waals surface area contributed by atoms with Crippen LogP contribution < -0.4 is 15.1 Å². The molecule has 0 atom stereocenters. The van der Waals surface area contributed by atoms with Gasteiger partial charge in [0.15, 0.2) is 18.2 Å². The summed E-state index contributed by atoms with van der Waals surface area (Å²) in [5.41, 5.74) is 1.43. The van der Waals surface area contributed by atoms with Crippen LogP contribution in [0.3, 0.4) is 0 Å². The van der Waals surface area contributed by atoms with E-state index in [0.29, 0.717) is 23.4 Å². The summed E-state index contributed by atoms with van der Waals surface area (Å²) >= 11 is 0. The predicted octanol–water partition coefficient (Wildman–Crippen LogP) is 3.68. The van der Waals surface area contributed by atoms with Gasteiger partial charge in [-0.3, -0.25) is 4.79 Å². The lowest BCUT2D eigenvalue weighted by Crippen LogP contribution is -2.34. The van der Waals surface area contributed by atoms with Crippen molar-refractivity contribution in [3.63, 3.8) is 0 Å². The van der Waals surface area contributed by atoms with E-state index in [1.165, 1.54) is 25.3 Å². The Hall–Kier alpha value is -3.35. The number of aryl methyl sites for hydroxylation is 1. The minimum absolute atomic E-state index is 0.157. The first-order valence-corrected chi connectivity index (χ1v) is 9.18. The van der Waals surface area contributed by atoms with Crippen molar-refractivity contribution in [3.8, 4) is 11.5 Å². The zero-order chi connectivity index (χ0) is 21.0. The fourth-order valence-corrected chi connectivity index (χ4v) is 3.04. The number of hydrogen-bond acceptors (Lipinski definition) is 5. The Bertz CT molecular complexity index is 1090. The second-order valence-corrected chi connectivity index (χ2v) is 6.57. The second kappa shape index (κ2) is 8.77. The van der Waals surface area contributed by atoms with E-state index in [1.54, 1.807) is 29.2 Å². The van der Waals surface area contributed by atoms with E-state index >= 15 is 0 Å². The van der Waals surface area contributed by atoms with Crippen LogP contribution >= 0.6 is 0 Å². The molecule has 0 radical (unpaired) electrons. The van der Waals surface area contributed by atoms with Crippen LogP contribution in [-0.4, -0.2) is 31.1 Å². The van der Waals surface area contributed by atoms with Crippen molar-refractivity contribution in [3.05, 3.63) is 69.8 Å². The van der Waals surface area contributed by atoms with Crippen molar-refractivity contribution in [1.82, 2.24) is 4.90 Å². The molecule has 7 heteroatoms. The monoisotopic (exact) mass is 399 g/mol. The summed E-state index contributed by atoms with van der Waals surface area (Å²) in [6.45, 7) is 4.18. The number of hydrogen-bond donors (Lipinski definition) is 0. The third kappa shape index (κ3) is 4.74. The van der Waals surface area contributed by atoms with Crippen molar-refractivity contribution < 1.29 is 23.1 Å². The lowest BCUT2D eigenvalue weighted by Gasteiger charge is -2.21. The molecule has 1 aromatic heterocycles. The van der Waals surface area contributed by atoms with E-state index in [-0.39, 0.29) is 24.8 Å². The number of likely N-dealkylation sites (N-methyl/N-ethyl adjacent to an activating group) is 1. The first kappa shape index (κ1) is 20.4. The molecule has 3 rings (SSSR count). The molecule has 0 unspecified atom stereocenters. The van der Waals surface area contributed by atoms with Gasteiger partial charge in [0, 0.05) is 30.6 Å². The minimum Gasteiger partial charge on any atom is -0.494 e. The predicted molar refractivity (Wildman–Crippen MR) is 107 cm³/mol. The van der Waals surface area contributed by atoms with Crippen LogP contribution in [0.4, 0.5) is 4.39 Å². The maximum Gasteiger partial charge on any atom is 0.336 e. The largest absolute Gasteiger partial charge is 0.494 e. The molecule has 0 bridgehead atoms. The molecule has 152 valence electrons. The van der Waals surface area contributed by atoms with E-state index in [0.717, 1.165) is 10.9 Å². The summed E-state index contributed by atoms with van der Waals surface area (Å²) in [6.07, 6.45) is 0. The number of amides is 1. The number of rotatable bonds is 7. The Balaban J connectivity index is 1.67. The standard InChI is InChI=1S/C22H22FNO5/c1-4-24(12-15-5-8-19(27-3)18(23)10-15)21(25)13-28-16-6-7-17-14(2)9-22(26)29-20(17)11-16/h5-11H,4,12-13H2,1-3H3. The lowest BCUT2D eigenvalue weighted by atomic mass is 10.1. The van der Waals surface area contributed by atoms with Gasteiger partial charge in [-0.15, -0.1) is 0 Å². The minimum atomic E-state index is -0.474. The number of ether oxygens (including phenoxy) is 2. The van der Waals surface area contributed by atoms with Crippen LogP contribution in [0.5, 0.6) is 11.5 Å². The van der Waals surface area contributed by atoms with Gasteiger partial charge in [-0.2, -0.15) is 0 Å². The average Bonchev–Trinajstić information content (AvgIpc) is 2.70. The number of fused-ring (bicyclic) bond motifs is 1. The van der Waals surface area contributed by atoms with E-state index in [2.05, 4.69) is 0 Å². The van der Waals surface area contributed by atoms with Gasteiger partial charge in [-0.25, -0.2) is 9.18 Å². The molecular weight excluding hydrogens is 377 g/mol. The highest BCUT2D eigenvalue weighted by Gasteiger charge is 2.15. The van der Waals surface area contributed by atoms with E-state index in [1.807, 2.05) is 13.8 Å². The molecule has 6 nitrogen and oxygen atoms in total. The molecule has 0 fully saturated rings. The fraction of sp³-hybridized carbons (Fsp3) is 0.273. The number of benzene rings is 2. The first-order valence-electron chi connectivity index (χ1n) is 9.18. The zero-order valence-electron chi connectivity index (χ0n) is 16.5. The molecule has 0 saturated carbocycles. The molecule has 0 N–H and O–H groups in total. The van der Waals surface area contributed by atoms with Gasteiger partial charge in [0.1, 0.15) is 11.3 Å². The summed E-state index contributed by atoms with van der Waals surface area (Å²) in [4.78, 5) is 25.6. The third-order valence-electron chi connectivity index (χ3n) is 4.61. The Morgan fingerprint density at radius 2 is 1.97 bits per heavy atom. The molecule has 0 aliphatic heterocycles.